The summed E-state index contributed by atoms with van der Waals surface area (Å²) in [5.41, 5.74) is 4.46. The summed E-state index contributed by atoms with van der Waals surface area (Å²) in [4.78, 5) is 8.44. The monoisotopic (exact) mass is 386 g/mol. The second-order valence-electron chi connectivity index (χ2n) is 6.60. The van der Waals surface area contributed by atoms with E-state index in [9.17, 15) is 0 Å². The summed E-state index contributed by atoms with van der Waals surface area (Å²) in [6, 6.07) is 16.0. The van der Waals surface area contributed by atoms with Crippen LogP contribution >= 0.6 is 23.2 Å². The van der Waals surface area contributed by atoms with Crippen molar-refractivity contribution < 1.29 is 0 Å². The van der Waals surface area contributed by atoms with E-state index in [4.69, 9.17) is 28.2 Å². The van der Waals surface area contributed by atoms with Crippen molar-refractivity contribution in [3.63, 3.8) is 0 Å². The van der Waals surface area contributed by atoms with Crippen LogP contribution in [-0.4, -0.2) is 9.97 Å². The molecule has 1 aromatic heterocycles. The number of H-pyrrole nitrogens is 1. The quantitative estimate of drug-likeness (QED) is 0.411. The van der Waals surface area contributed by atoms with Crippen molar-refractivity contribution in [1.29, 1.82) is 0 Å². The first-order chi connectivity index (χ1) is 12.7. The van der Waals surface area contributed by atoms with Crippen LogP contribution in [-0.2, 0) is 12.8 Å². The predicted molar refractivity (Wildman–Crippen MR) is 111 cm³/mol. The van der Waals surface area contributed by atoms with Gasteiger partial charge < -0.3 is 4.98 Å². The summed E-state index contributed by atoms with van der Waals surface area (Å²) in [5, 5.41) is 1.33. The van der Waals surface area contributed by atoms with E-state index in [1.54, 1.807) is 6.07 Å². The Morgan fingerprint density at radius 1 is 0.962 bits per heavy atom. The highest BCUT2D eigenvalue weighted by Crippen LogP contribution is 2.27. The van der Waals surface area contributed by atoms with Gasteiger partial charge in [-0.25, -0.2) is 4.98 Å². The Hall–Kier alpha value is -1.77. The normalized spacial score (nSPS) is 11.0. The van der Waals surface area contributed by atoms with Crippen molar-refractivity contribution in [1.82, 2.24) is 9.97 Å². The molecule has 0 aliphatic rings. The van der Waals surface area contributed by atoms with E-state index >= 15 is 0 Å². The number of aromatic amines is 1. The number of hydrogen-bond donors (Lipinski definition) is 1. The molecular weight excluding hydrogens is 363 g/mol. The molecule has 0 atom stereocenters. The zero-order valence-electron chi connectivity index (χ0n) is 15.1. The molecular formula is C22H24Cl2N2. The molecule has 2 nitrogen and oxygen atoms in total. The number of hydrogen-bond acceptors (Lipinski definition) is 1. The zero-order chi connectivity index (χ0) is 18.4. The third-order valence-corrected chi connectivity index (χ3v) is 5.12. The fourth-order valence-electron chi connectivity index (χ4n) is 3.14. The Balaban J connectivity index is 1.85. The van der Waals surface area contributed by atoms with E-state index in [0.29, 0.717) is 16.5 Å². The molecule has 0 bridgehead atoms. The van der Waals surface area contributed by atoms with Gasteiger partial charge in [0.15, 0.2) is 0 Å². The van der Waals surface area contributed by atoms with Gasteiger partial charge in [0.25, 0.3) is 0 Å². The van der Waals surface area contributed by atoms with E-state index in [0.717, 1.165) is 29.1 Å². The topological polar surface area (TPSA) is 28.7 Å². The maximum Gasteiger partial charge on any atom is 0.111 e. The van der Waals surface area contributed by atoms with Crippen LogP contribution in [0.2, 0.25) is 10.0 Å². The third kappa shape index (κ3) is 4.90. The second-order valence-corrected chi connectivity index (χ2v) is 7.44. The molecule has 3 rings (SSSR count). The Morgan fingerprint density at radius 2 is 1.77 bits per heavy atom. The number of aryl methyl sites for hydroxylation is 1. The van der Waals surface area contributed by atoms with Crippen molar-refractivity contribution in [3.8, 4) is 11.3 Å². The lowest BCUT2D eigenvalue weighted by Crippen LogP contribution is -1.93. The van der Waals surface area contributed by atoms with Gasteiger partial charge in [0.05, 0.1) is 5.69 Å². The number of aromatic nitrogens is 2. The molecule has 0 fully saturated rings. The molecule has 0 unspecified atom stereocenters. The van der Waals surface area contributed by atoms with E-state index in [-0.39, 0.29) is 0 Å². The van der Waals surface area contributed by atoms with Crippen LogP contribution in [0.5, 0.6) is 0 Å². The molecule has 0 radical (unpaired) electrons. The number of nitrogens with zero attached hydrogens (tertiary/aromatic N) is 1. The van der Waals surface area contributed by atoms with Gasteiger partial charge in [0.1, 0.15) is 5.82 Å². The largest absolute Gasteiger partial charge is 0.345 e. The molecule has 3 aromatic rings. The summed E-state index contributed by atoms with van der Waals surface area (Å²) in [5.74, 6) is 0.943. The van der Waals surface area contributed by atoms with Crippen LogP contribution in [0.3, 0.4) is 0 Å². The van der Waals surface area contributed by atoms with Gasteiger partial charge in [0.2, 0.25) is 0 Å². The number of benzene rings is 2. The average molecular weight is 387 g/mol. The molecule has 0 aliphatic heterocycles. The molecule has 0 aliphatic carbocycles. The predicted octanol–water partition coefficient (Wildman–Crippen LogP) is 7.10. The zero-order valence-corrected chi connectivity index (χ0v) is 16.6. The fraction of sp³-hybridized carbons (Fsp3) is 0.318. The average Bonchev–Trinajstić information content (AvgIpc) is 3.05. The fourth-order valence-corrected chi connectivity index (χ4v) is 3.61. The van der Waals surface area contributed by atoms with Crippen molar-refractivity contribution in [2.24, 2.45) is 0 Å². The van der Waals surface area contributed by atoms with Crippen molar-refractivity contribution in [2.45, 2.75) is 45.4 Å². The Labute approximate surface area is 165 Å². The summed E-state index contributed by atoms with van der Waals surface area (Å²) < 4.78 is 0. The van der Waals surface area contributed by atoms with Gasteiger partial charge in [-0.05, 0) is 30.5 Å². The van der Waals surface area contributed by atoms with E-state index in [2.05, 4.69) is 36.2 Å². The lowest BCUT2D eigenvalue weighted by atomic mass is 10.1. The summed E-state index contributed by atoms with van der Waals surface area (Å²) in [6.07, 6.45) is 6.65. The van der Waals surface area contributed by atoms with Gasteiger partial charge in [-0.2, -0.15) is 0 Å². The van der Waals surface area contributed by atoms with E-state index < -0.39 is 0 Å². The summed E-state index contributed by atoms with van der Waals surface area (Å²) in [6.45, 7) is 2.24. The van der Waals surface area contributed by atoms with Gasteiger partial charge >= 0.3 is 0 Å². The maximum atomic E-state index is 6.34. The van der Waals surface area contributed by atoms with Crippen LogP contribution in [0, 0.1) is 0 Å². The minimum Gasteiger partial charge on any atom is -0.345 e. The van der Waals surface area contributed by atoms with E-state index in [1.807, 2.05) is 18.2 Å². The highest BCUT2D eigenvalue weighted by molar-refractivity contribution is 6.35. The molecule has 136 valence electrons. The molecule has 0 spiro atoms. The number of rotatable bonds is 8. The van der Waals surface area contributed by atoms with E-state index in [1.165, 1.54) is 31.4 Å². The highest BCUT2D eigenvalue weighted by atomic mass is 35.5. The van der Waals surface area contributed by atoms with Crippen LogP contribution in [0.15, 0.2) is 48.5 Å². The molecule has 0 saturated carbocycles. The lowest BCUT2D eigenvalue weighted by Gasteiger charge is -2.03. The maximum absolute atomic E-state index is 6.34. The third-order valence-electron chi connectivity index (χ3n) is 4.53. The van der Waals surface area contributed by atoms with Crippen LogP contribution in [0.25, 0.3) is 11.3 Å². The Kier molecular flexibility index (Phi) is 6.76. The first kappa shape index (κ1) is 19.0. The SMILES string of the molecule is CCCCCCc1[nH]c(Cc2ccc(Cl)cc2Cl)nc1-c1ccccc1. The molecule has 1 N–H and O–H groups in total. The minimum atomic E-state index is 0.653. The van der Waals surface area contributed by atoms with Crippen LogP contribution < -0.4 is 0 Å². The second kappa shape index (κ2) is 9.25. The van der Waals surface area contributed by atoms with Crippen molar-refractivity contribution in [2.75, 3.05) is 0 Å². The number of unbranched alkanes of at least 4 members (excludes halogenated alkanes) is 3. The number of halogens is 2. The van der Waals surface area contributed by atoms with Gasteiger partial charge in [0, 0.05) is 27.7 Å². The van der Waals surface area contributed by atoms with Gasteiger partial charge in [-0.15, -0.1) is 0 Å². The molecule has 26 heavy (non-hydrogen) atoms. The first-order valence-electron chi connectivity index (χ1n) is 9.24. The van der Waals surface area contributed by atoms with Crippen LogP contribution in [0.1, 0.15) is 49.7 Å². The van der Waals surface area contributed by atoms with Crippen molar-refractivity contribution in [3.05, 3.63) is 75.7 Å². The molecule has 0 saturated heterocycles. The lowest BCUT2D eigenvalue weighted by molar-refractivity contribution is 0.662. The molecule has 0 amide bonds. The van der Waals surface area contributed by atoms with Crippen LogP contribution in [0.4, 0.5) is 0 Å². The summed E-state index contributed by atoms with van der Waals surface area (Å²) in [7, 11) is 0. The highest BCUT2D eigenvalue weighted by Gasteiger charge is 2.13. The minimum absolute atomic E-state index is 0.653. The first-order valence-corrected chi connectivity index (χ1v) is 10.00. The van der Waals surface area contributed by atoms with Gasteiger partial charge in [-0.1, -0.05) is 85.8 Å². The number of imidazole rings is 1. The number of nitrogens with one attached hydrogen (secondary N) is 1. The Morgan fingerprint density at radius 3 is 2.50 bits per heavy atom. The van der Waals surface area contributed by atoms with Gasteiger partial charge in [-0.3, -0.25) is 0 Å². The van der Waals surface area contributed by atoms with Crippen molar-refractivity contribution >= 4 is 23.2 Å². The molecule has 1 heterocycles. The smallest absolute Gasteiger partial charge is 0.111 e. The standard InChI is InChI=1S/C22H24Cl2N2/c1-2-3-4-8-11-20-22(16-9-6-5-7-10-16)26-21(25-20)14-17-12-13-18(23)15-19(17)24/h5-7,9-10,12-13,15H,2-4,8,11,14H2,1H3,(H,25,26). The Bertz CT molecular complexity index is 841. The molecule has 4 heteroatoms. The molecule has 2 aromatic carbocycles. The summed E-state index contributed by atoms with van der Waals surface area (Å²) >= 11 is 12.3.